The van der Waals surface area contributed by atoms with Crippen LogP contribution in [-0.4, -0.2) is 48.3 Å². The molecule has 0 aromatic heterocycles. The molecule has 0 aliphatic carbocycles. The molecule has 4 nitrogen and oxygen atoms in total. The maximum Gasteiger partial charge on any atom is 0.229 e. The fraction of sp³-hybridized carbons (Fsp3) is 0.600. The smallest absolute Gasteiger partial charge is 0.229 e. The Hall–Kier alpha value is -1.84. The highest BCUT2D eigenvalue weighted by Gasteiger charge is 2.54. The van der Waals surface area contributed by atoms with E-state index in [1.54, 1.807) is 0 Å². The summed E-state index contributed by atoms with van der Waals surface area (Å²) in [5.74, 6) is 1.10. The third-order valence-corrected chi connectivity index (χ3v) is 5.69. The Bertz CT molecular complexity index is 603. The monoisotopic (exact) mass is 328 g/mol. The van der Waals surface area contributed by atoms with Crippen molar-refractivity contribution in [2.75, 3.05) is 26.7 Å². The van der Waals surface area contributed by atoms with Gasteiger partial charge in [0.25, 0.3) is 0 Å². The van der Waals surface area contributed by atoms with Crippen LogP contribution in [0.5, 0.6) is 0 Å². The second-order valence-electron chi connectivity index (χ2n) is 7.78. The van der Waals surface area contributed by atoms with Gasteiger partial charge in [0.1, 0.15) is 0 Å². The molecule has 2 saturated heterocycles. The molecule has 4 heteroatoms. The zero-order valence-electron chi connectivity index (χ0n) is 15.0. The topological polar surface area (TPSA) is 40.6 Å². The number of hydrogen-bond donors (Lipinski definition) is 0. The van der Waals surface area contributed by atoms with E-state index in [2.05, 4.69) is 26.0 Å². The minimum absolute atomic E-state index is 0.231. The highest BCUT2D eigenvalue weighted by Crippen LogP contribution is 2.50. The van der Waals surface area contributed by atoms with E-state index < -0.39 is 0 Å². The fourth-order valence-electron chi connectivity index (χ4n) is 4.37. The quantitative estimate of drug-likeness (QED) is 0.856. The summed E-state index contributed by atoms with van der Waals surface area (Å²) in [6.07, 6.45) is 2.15. The van der Waals surface area contributed by atoms with Crippen LogP contribution < -0.4 is 0 Å². The van der Waals surface area contributed by atoms with E-state index in [4.69, 9.17) is 0 Å². The summed E-state index contributed by atoms with van der Waals surface area (Å²) < 4.78 is 0. The van der Waals surface area contributed by atoms with Crippen molar-refractivity contribution in [2.45, 2.75) is 39.0 Å². The summed E-state index contributed by atoms with van der Waals surface area (Å²) in [5, 5.41) is 0. The van der Waals surface area contributed by atoms with Crippen molar-refractivity contribution in [3.63, 3.8) is 0 Å². The summed E-state index contributed by atoms with van der Waals surface area (Å²) in [6.45, 7) is 6.33. The lowest BCUT2D eigenvalue weighted by molar-refractivity contribution is -0.142. The van der Waals surface area contributed by atoms with Gasteiger partial charge in [-0.05, 0) is 24.3 Å². The Labute approximate surface area is 144 Å². The minimum atomic E-state index is -0.329. The molecule has 1 unspecified atom stereocenters. The SMILES string of the molecule is CC(C)CC(=O)N1CCC2(CC1)C(=O)N(C)CC2c1ccccc1. The van der Waals surface area contributed by atoms with E-state index in [1.807, 2.05) is 35.0 Å². The molecule has 0 bridgehead atoms. The highest BCUT2D eigenvalue weighted by molar-refractivity contribution is 5.87. The van der Waals surface area contributed by atoms with Crippen LogP contribution in [0.4, 0.5) is 0 Å². The third kappa shape index (κ3) is 2.94. The Morgan fingerprint density at radius 2 is 1.83 bits per heavy atom. The first-order valence-electron chi connectivity index (χ1n) is 9.02. The number of nitrogens with zero attached hydrogens (tertiary/aromatic N) is 2. The van der Waals surface area contributed by atoms with Crippen LogP contribution in [0.25, 0.3) is 0 Å². The predicted molar refractivity (Wildman–Crippen MR) is 94.5 cm³/mol. The van der Waals surface area contributed by atoms with E-state index in [1.165, 1.54) is 5.56 Å². The van der Waals surface area contributed by atoms with Crippen LogP contribution >= 0.6 is 0 Å². The van der Waals surface area contributed by atoms with Crippen molar-refractivity contribution < 1.29 is 9.59 Å². The fourth-order valence-corrected chi connectivity index (χ4v) is 4.37. The van der Waals surface area contributed by atoms with Gasteiger partial charge < -0.3 is 9.80 Å². The summed E-state index contributed by atoms with van der Waals surface area (Å²) in [4.78, 5) is 29.1. The molecular weight excluding hydrogens is 300 g/mol. The van der Waals surface area contributed by atoms with Crippen LogP contribution in [0.15, 0.2) is 30.3 Å². The highest BCUT2D eigenvalue weighted by atomic mass is 16.2. The number of likely N-dealkylation sites (tertiary alicyclic amines) is 2. The number of piperidine rings is 1. The van der Waals surface area contributed by atoms with Gasteiger partial charge in [-0.1, -0.05) is 44.2 Å². The maximum atomic E-state index is 12.9. The number of benzene rings is 1. The molecule has 2 aliphatic heterocycles. The molecule has 0 N–H and O–H groups in total. The summed E-state index contributed by atoms with van der Waals surface area (Å²) in [6, 6.07) is 10.4. The first-order chi connectivity index (χ1) is 11.4. The van der Waals surface area contributed by atoms with Crippen molar-refractivity contribution in [2.24, 2.45) is 11.3 Å². The van der Waals surface area contributed by atoms with Gasteiger partial charge in [0.05, 0.1) is 5.41 Å². The number of carbonyl (C=O) groups excluding carboxylic acids is 2. The molecule has 2 amide bonds. The standard InChI is InChI=1S/C20H28N2O2/c1-15(2)13-18(23)22-11-9-20(10-12-22)17(14-21(3)19(20)24)16-7-5-4-6-8-16/h4-8,15,17H,9-14H2,1-3H3. The van der Waals surface area contributed by atoms with Crippen LogP contribution in [0, 0.1) is 11.3 Å². The zero-order valence-corrected chi connectivity index (χ0v) is 15.0. The molecule has 3 rings (SSSR count). The average Bonchev–Trinajstić information content (AvgIpc) is 2.81. The number of rotatable bonds is 3. The molecule has 1 aromatic carbocycles. The van der Waals surface area contributed by atoms with E-state index in [0.717, 1.165) is 19.4 Å². The molecule has 0 saturated carbocycles. The van der Waals surface area contributed by atoms with E-state index in [0.29, 0.717) is 25.4 Å². The van der Waals surface area contributed by atoms with E-state index in [-0.39, 0.29) is 23.1 Å². The van der Waals surface area contributed by atoms with E-state index in [9.17, 15) is 9.59 Å². The van der Waals surface area contributed by atoms with Crippen molar-refractivity contribution in [3.05, 3.63) is 35.9 Å². The number of likely N-dealkylation sites (N-methyl/N-ethyl adjacent to an activating group) is 1. The van der Waals surface area contributed by atoms with Crippen molar-refractivity contribution in [3.8, 4) is 0 Å². The largest absolute Gasteiger partial charge is 0.345 e. The predicted octanol–water partition coefficient (Wildman–Crippen LogP) is 2.90. The van der Waals surface area contributed by atoms with Crippen LogP contribution in [0.1, 0.15) is 44.6 Å². The zero-order chi connectivity index (χ0) is 17.3. The molecular formula is C20H28N2O2. The molecule has 130 valence electrons. The second-order valence-corrected chi connectivity index (χ2v) is 7.78. The first-order valence-corrected chi connectivity index (χ1v) is 9.02. The van der Waals surface area contributed by atoms with Crippen molar-refractivity contribution in [1.82, 2.24) is 9.80 Å². The molecule has 2 aliphatic rings. The molecule has 1 atom stereocenters. The number of amides is 2. The molecule has 2 fully saturated rings. The average molecular weight is 328 g/mol. The number of hydrogen-bond acceptors (Lipinski definition) is 2. The van der Waals surface area contributed by atoms with Crippen molar-refractivity contribution >= 4 is 11.8 Å². The van der Waals surface area contributed by atoms with Gasteiger partial charge in [-0.2, -0.15) is 0 Å². The lowest BCUT2D eigenvalue weighted by Gasteiger charge is -2.41. The molecule has 1 aromatic rings. The second kappa shape index (κ2) is 6.58. The number of carbonyl (C=O) groups is 2. The summed E-state index contributed by atoms with van der Waals surface area (Å²) in [7, 11) is 1.91. The van der Waals surface area contributed by atoms with Crippen molar-refractivity contribution in [1.29, 1.82) is 0 Å². The minimum Gasteiger partial charge on any atom is -0.345 e. The Morgan fingerprint density at radius 3 is 2.42 bits per heavy atom. The Balaban J connectivity index is 1.79. The van der Waals surface area contributed by atoms with Gasteiger partial charge in [-0.25, -0.2) is 0 Å². The Kier molecular flexibility index (Phi) is 4.66. The van der Waals surface area contributed by atoms with Gasteiger partial charge in [0, 0.05) is 39.0 Å². The van der Waals surface area contributed by atoms with Gasteiger partial charge in [0.2, 0.25) is 11.8 Å². The van der Waals surface area contributed by atoms with Gasteiger partial charge >= 0.3 is 0 Å². The normalized spacial score (nSPS) is 23.3. The first kappa shape index (κ1) is 17.0. The van der Waals surface area contributed by atoms with Gasteiger partial charge in [0.15, 0.2) is 0 Å². The van der Waals surface area contributed by atoms with Gasteiger partial charge in [-0.3, -0.25) is 9.59 Å². The lowest BCUT2D eigenvalue weighted by atomic mass is 9.68. The van der Waals surface area contributed by atoms with Gasteiger partial charge in [-0.15, -0.1) is 0 Å². The third-order valence-electron chi connectivity index (χ3n) is 5.69. The molecule has 2 heterocycles. The summed E-state index contributed by atoms with van der Waals surface area (Å²) in [5.41, 5.74) is 0.919. The van der Waals surface area contributed by atoms with E-state index >= 15 is 0 Å². The van der Waals surface area contributed by atoms with Crippen LogP contribution in [0.2, 0.25) is 0 Å². The van der Waals surface area contributed by atoms with Crippen LogP contribution in [0.3, 0.4) is 0 Å². The molecule has 0 radical (unpaired) electrons. The molecule has 24 heavy (non-hydrogen) atoms. The molecule has 1 spiro atoms. The lowest BCUT2D eigenvalue weighted by Crippen LogP contribution is -2.48. The Morgan fingerprint density at radius 1 is 1.21 bits per heavy atom. The van der Waals surface area contributed by atoms with Crippen LogP contribution in [-0.2, 0) is 9.59 Å². The maximum absolute atomic E-state index is 12.9. The summed E-state index contributed by atoms with van der Waals surface area (Å²) >= 11 is 0.